The summed E-state index contributed by atoms with van der Waals surface area (Å²) in [5.74, 6) is 1.04. The molecule has 0 spiro atoms. The van der Waals surface area contributed by atoms with E-state index >= 15 is 0 Å². The van der Waals surface area contributed by atoms with Crippen molar-refractivity contribution in [3.8, 4) is 5.88 Å². The lowest BCUT2D eigenvalue weighted by atomic mass is 10.2. The van der Waals surface area contributed by atoms with Gasteiger partial charge in [0, 0.05) is 36.2 Å². The summed E-state index contributed by atoms with van der Waals surface area (Å²) in [6, 6.07) is 1.68. The monoisotopic (exact) mass is 580 g/mol. The molecule has 0 radical (unpaired) electrons. The molecule has 0 aliphatic carbocycles. The van der Waals surface area contributed by atoms with Crippen molar-refractivity contribution in [1.29, 1.82) is 0 Å². The number of rotatable bonds is 8. The quantitative estimate of drug-likeness (QED) is 0.242. The molecule has 2 heterocycles. The maximum absolute atomic E-state index is 9.04. The van der Waals surface area contributed by atoms with Crippen LogP contribution >= 0.6 is 0 Å². The SMILES string of the molecule is C=C/C(=C\C(=C)C)N1CCOCC1.C=N/C(C)=C\C.CC.CC.CC.CC.Cc1cc(OCC(O)CO)nc(C)n1. The zero-order valence-electron chi connectivity index (χ0n) is 28.8. The highest BCUT2D eigenvalue weighted by Gasteiger charge is 2.10. The van der Waals surface area contributed by atoms with Crippen LogP contribution in [0.25, 0.3) is 0 Å². The van der Waals surface area contributed by atoms with Crippen LogP contribution < -0.4 is 4.74 Å². The number of aliphatic imine (C=N–C) groups is 1. The molecule has 1 aromatic rings. The van der Waals surface area contributed by atoms with Crippen LogP contribution in [0.3, 0.4) is 0 Å². The second-order valence-electron chi connectivity index (χ2n) is 7.35. The van der Waals surface area contributed by atoms with Gasteiger partial charge in [-0.1, -0.05) is 80.2 Å². The number of aliphatic hydroxyl groups is 2. The van der Waals surface area contributed by atoms with E-state index in [0.717, 1.165) is 49.0 Å². The molecule has 1 unspecified atom stereocenters. The van der Waals surface area contributed by atoms with E-state index in [1.165, 1.54) is 0 Å². The molecular weight excluding hydrogens is 516 g/mol. The molecule has 1 saturated heterocycles. The van der Waals surface area contributed by atoms with Crippen LogP contribution in [0, 0.1) is 13.8 Å². The third-order valence-corrected chi connectivity index (χ3v) is 4.22. The smallest absolute Gasteiger partial charge is 0.216 e. The normalized spacial score (nSPS) is 12.4. The van der Waals surface area contributed by atoms with Gasteiger partial charge in [-0.15, -0.1) is 0 Å². The van der Waals surface area contributed by atoms with Crippen molar-refractivity contribution < 1.29 is 19.7 Å². The summed E-state index contributed by atoms with van der Waals surface area (Å²) >= 11 is 0. The topological polar surface area (TPSA) is 100 Å². The van der Waals surface area contributed by atoms with Crippen molar-refractivity contribution in [2.45, 2.75) is 96.1 Å². The summed E-state index contributed by atoms with van der Waals surface area (Å²) in [6.07, 6.45) is 4.97. The first kappa shape index (κ1) is 47.9. The third-order valence-electron chi connectivity index (χ3n) is 4.22. The van der Waals surface area contributed by atoms with E-state index < -0.39 is 6.10 Å². The van der Waals surface area contributed by atoms with Gasteiger partial charge in [0.1, 0.15) is 18.5 Å². The van der Waals surface area contributed by atoms with E-state index in [2.05, 4.69) is 45.8 Å². The van der Waals surface area contributed by atoms with Gasteiger partial charge in [-0.2, -0.15) is 4.98 Å². The molecule has 8 heteroatoms. The summed E-state index contributed by atoms with van der Waals surface area (Å²) in [5.41, 5.74) is 4.00. The van der Waals surface area contributed by atoms with Gasteiger partial charge in [0.2, 0.25) is 5.88 Å². The Hall–Kier alpha value is -2.81. The van der Waals surface area contributed by atoms with E-state index in [4.69, 9.17) is 19.7 Å². The number of hydrogen-bond acceptors (Lipinski definition) is 8. The fourth-order valence-corrected chi connectivity index (χ4v) is 2.44. The van der Waals surface area contributed by atoms with E-state index in [1.807, 2.05) is 95.2 Å². The number of aliphatic hydroxyl groups excluding tert-OH is 2. The Morgan fingerprint density at radius 3 is 1.93 bits per heavy atom. The molecule has 1 aliphatic rings. The lowest BCUT2D eigenvalue weighted by Gasteiger charge is -2.29. The van der Waals surface area contributed by atoms with Gasteiger partial charge < -0.3 is 24.6 Å². The summed E-state index contributed by atoms with van der Waals surface area (Å²) in [4.78, 5) is 14.0. The minimum absolute atomic E-state index is 0.0341. The van der Waals surface area contributed by atoms with Crippen LogP contribution in [0.4, 0.5) is 0 Å². The average molecular weight is 581 g/mol. The molecule has 1 aromatic heterocycles. The molecule has 0 saturated carbocycles. The lowest BCUT2D eigenvalue weighted by molar-refractivity contribution is 0.0520. The van der Waals surface area contributed by atoms with Crippen molar-refractivity contribution in [1.82, 2.24) is 14.9 Å². The van der Waals surface area contributed by atoms with Gasteiger partial charge >= 0.3 is 0 Å². The Morgan fingerprint density at radius 1 is 1.07 bits per heavy atom. The van der Waals surface area contributed by atoms with E-state index in [9.17, 15) is 0 Å². The van der Waals surface area contributed by atoms with Crippen LogP contribution in [0.1, 0.15) is 87.7 Å². The average Bonchev–Trinajstić information content (AvgIpc) is 3.02. The summed E-state index contributed by atoms with van der Waals surface area (Å²) in [6.45, 7) is 39.6. The number of allylic oxidation sites excluding steroid dienone is 5. The molecule has 240 valence electrons. The standard InChI is InChI=1S/C11H17NO.C9H14N2O3.C5H9N.4C2H6/c1-4-11(9-10(2)3)12-5-7-13-8-6-12;1-6-3-9(11-7(2)10-6)14-5-8(13)4-12;1-4-5(2)6-3;4*1-2/h4,9H,1-2,5-8H2,3H3;3,8,12-13H,4-5H2,1-2H3;4H,3H2,1-2H3;4*1-2H3/b11-9+;;5-4-;;;;. The highest BCUT2D eigenvalue weighted by atomic mass is 16.5. The molecule has 0 amide bonds. The van der Waals surface area contributed by atoms with Crippen molar-refractivity contribution in [3.05, 3.63) is 65.9 Å². The molecule has 41 heavy (non-hydrogen) atoms. The number of aromatic nitrogens is 2. The van der Waals surface area contributed by atoms with E-state index in [1.54, 1.807) is 13.0 Å². The van der Waals surface area contributed by atoms with Crippen molar-refractivity contribution in [2.75, 3.05) is 39.5 Å². The number of ether oxygens (including phenoxy) is 2. The molecule has 0 bridgehead atoms. The number of morpholine rings is 1. The number of hydrogen-bond donors (Lipinski definition) is 2. The predicted molar refractivity (Wildman–Crippen MR) is 180 cm³/mol. The maximum Gasteiger partial charge on any atom is 0.216 e. The molecule has 0 aromatic carbocycles. The molecule has 2 N–H and O–H groups in total. The molecule has 1 atom stereocenters. The summed E-state index contributed by atoms with van der Waals surface area (Å²) < 4.78 is 10.4. The van der Waals surface area contributed by atoms with Gasteiger partial charge in [0.25, 0.3) is 0 Å². The summed E-state index contributed by atoms with van der Waals surface area (Å²) in [7, 11) is 0. The number of nitrogens with zero attached hydrogens (tertiary/aromatic N) is 4. The second-order valence-corrected chi connectivity index (χ2v) is 7.35. The Bertz CT molecular complexity index is 782. The molecule has 8 nitrogen and oxygen atoms in total. The van der Waals surface area contributed by atoms with E-state index in [-0.39, 0.29) is 13.2 Å². The van der Waals surface area contributed by atoms with Gasteiger partial charge in [0.05, 0.1) is 19.8 Å². The van der Waals surface area contributed by atoms with Gasteiger partial charge in [-0.05, 0) is 53.5 Å². The zero-order chi connectivity index (χ0) is 33.2. The first-order valence-corrected chi connectivity index (χ1v) is 14.8. The van der Waals surface area contributed by atoms with Crippen LogP contribution in [0.5, 0.6) is 5.88 Å². The highest BCUT2D eigenvalue weighted by molar-refractivity contribution is 5.28. The van der Waals surface area contributed by atoms with Crippen molar-refractivity contribution >= 4 is 6.72 Å². The van der Waals surface area contributed by atoms with Crippen molar-refractivity contribution in [3.63, 3.8) is 0 Å². The largest absolute Gasteiger partial charge is 0.475 e. The van der Waals surface area contributed by atoms with Gasteiger partial charge in [-0.25, -0.2) is 4.98 Å². The van der Waals surface area contributed by atoms with Crippen LogP contribution in [-0.4, -0.2) is 77.4 Å². The number of aryl methyl sites for hydroxylation is 2. The molecular formula is C33H64N4O4. The highest BCUT2D eigenvalue weighted by Crippen LogP contribution is 2.11. The molecule has 1 fully saturated rings. The van der Waals surface area contributed by atoms with Crippen molar-refractivity contribution in [2.24, 2.45) is 4.99 Å². The predicted octanol–water partition coefficient (Wildman–Crippen LogP) is 7.51. The fourth-order valence-electron chi connectivity index (χ4n) is 2.44. The molecule has 1 aliphatic heterocycles. The Morgan fingerprint density at radius 2 is 1.59 bits per heavy atom. The first-order chi connectivity index (χ1) is 19.7. The van der Waals surface area contributed by atoms with Crippen LogP contribution in [0.2, 0.25) is 0 Å². The van der Waals surface area contributed by atoms with Gasteiger partial charge in [0.15, 0.2) is 0 Å². The van der Waals surface area contributed by atoms with Crippen LogP contribution in [-0.2, 0) is 4.74 Å². The lowest BCUT2D eigenvalue weighted by Crippen LogP contribution is -2.35. The maximum atomic E-state index is 9.04. The zero-order valence-corrected chi connectivity index (χ0v) is 28.8. The second kappa shape index (κ2) is 37.2. The van der Waals surface area contributed by atoms with E-state index in [0.29, 0.717) is 11.7 Å². The first-order valence-electron chi connectivity index (χ1n) is 14.8. The Kier molecular flexibility index (Phi) is 43.5. The third kappa shape index (κ3) is 31.6. The Balaban J connectivity index is -0.000000147. The fraction of sp³-hybridized carbons (Fsp3) is 0.606. The minimum Gasteiger partial charge on any atom is -0.475 e. The van der Waals surface area contributed by atoms with Crippen LogP contribution in [0.15, 0.2) is 59.4 Å². The van der Waals surface area contributed by atoms with Gasteiger partial charge in [-0.3, -0.25) is 4.99 Å². The summed E-state index contributed by atoms with van der Waals surface area (Å²) in [5, 5.41) is 17.6. The minimum atomic E-state index is -0.870. The Labute approximate surface area is 253 Å². The molecule has 2 rings (SSSR count).